The summed E-state index contributed by atoms with van der Waals surface area (Å²) in [6, 6.07) is 0. The number of hydrogen-bond donors (Lipinski definition) is 1. The van der Waals surface area contributed by atoms with Crippen LogP contribution in [0.25, 0.3) is 11.1 Å². The molecule has 0 saturated carbocycles. The molecule has 6 heteroatoms. The zero-order chi connectivity index (χ0) is 14.8. The van der Waals surface area contributed by atoms with E-state index in [0.29, 0.717) is 5.92 Å². The zero-order valence-electron chi connectivity index (χ0n) is 12.9. The standard InChI is InChI=1S/C15H22N6/c1-20(2)15-17-9-13(12-8-18-21(3)10-12)14(19-15)11-5-4-6-16-7-11/h8-11,16H,4-7H2,1-3H3/t11-/m0/s1. The second-order valence-electron chi connectivity index (χ2n) is 5.81. The molecule has 112 valence electrons. The molecule has 2 aromatic heterocycles. The van der Waals surface area contributed by atoms with E-state index in [9.17, 15) is 0 Å². The van der Waals surface area contributed by atoms with Crippen LogP contribution in [0.2, 0.25) is 0 Å². The Morgan fingerprint density at radius 3 is 2.81 bits per heavy atom. The number of nitrogens with one attached hydrogen (secondary N) is 1. The number of piperidine rings is 1. The molecule has 1 atom stereocenters. The lowest BCUT2D eigenvalue weighted by atomic mass is 9.91. The number of anilines is 1. The van der Waals surface area contributed by atoms with E-state index in [4.69, 9.17) is 4.98 Å². The van der Waals surface area contributed by atoms with E-state index < -0.39 is 0 Å². The van der Waals surface area contributed by atoms with Crippen LogP contribution in [-0.2, 0) is 7.05 Å². The summed E-state index contributed by atoms with van der Waals surface area (Å²) in [6.07, 6.45) is 8.20. The molecule has 0 amide bonds. The third-order valence-corrected chi connectivity index (χ3v) is 3.90. The Morgan fingerprint density at radius 1 is 1.33 bits per heavy atom. The third-order valence-electron chi connectivity index (χ3n) is 3.90. The summed E-state index contributed by atoms with van der Waals surface area (Å²) < 4.78 is 1.82. The highest BCUT2D eigenvalue weighted by molar-refractivity contribution is 5.65. The molecule has 1 N–H and O–H groups in total. The van der Waals surface area contributed by atoms with E-state index in [1.807, 2.05) is 49.3 Å². The minimum absolute atomic E-state index is 0.440. The second-order valence-corrected chi connectivity index (χ2v) is 5.81. The van der Waals surface area contributed by atoms with Crippen LogP contribution >= 0.6 is 0 Å². The molecule has 1 aliphatic rings. The van der Waals surface area contributed by atoms with E-state index in [1.54, 1.807) is 0 Å². The molecule has 2 aromatic rings. The van der Waals surface area contributed by atoms with Crippen molar-refractivity contribution < 1.29 is 0 Å². The monoisotopic (exact) mass is 286 g/mol. The Balaban J connectivity index is 2.05. The van der Waals surface area contributed by atoms with Gasteiger partial charge in [0.1, 0.15) is 0 Å². The van der Waals surface area contributed by atoms with Crippen molar-refractivity contribution in [3.05, 3.63) is 24.3 Å². The van der Waals surface area contributed by atoms with Gasteiger partial charge in [0, 0.05) is 57.1 Å². The average molecular weight is 286 g/mol. The Labute approximate surface area is 125 Å². The molecule has 1 fully saturated rings. The first kappa shape index (κ1) is 14.0. The van der Waals surface area contributed by atoms with Gasteiger partial charge in [0.25, 0.3) is 0 Å². The second kappa shape index (κ2) is 5.81. The van der Waals surface area contributed by atoms with Gasteiger partial charge in [-0.05, 0) is 19.4 Å². The maximum atomic E-state index is 4.82. The van der Waals surface area contributed by atoms with Crippen LogP contribution < -0.4 is 10.2 Å². The topological polar surface area (TPSA) is 58.9 Å². The molecule has 1 saturated heterocycles. The van der Waals surface area contributed by atoms with E-state index >= 15 is 0 Å². The Morgan fingerprint density at radius 2 is 2.19 bits per heavy atom. The minimum Gasteiger partial charge on any atom is -0.347 e. The predicted octanol–water partition coefficient (Wildman–Crippen LogP) is 1.41. The van der Waals surface area contributed by atoms with Crippen molar-refractivity contribution in [2.45, 2.75) is 18.8 Å². The van der Waals surface area contributed by atoms with Gasteiger partial charge >= 0.3 is 0 Å². The lowest BCUT2D eigenvalue weighted by molar-refractivity contribution is 0.455. The quantitative estimate of drug-likeness (QED) is 0.924. The van der Waals surface area contributed by atoms with Crippen molar-refractivity contribution >= 4 is 5.95 Å². The number of hydrogen-bond acceptors (Lipinski definition) is 5. The molecule has 0 aromatic carbocycles. The Bertz CT molecular complexity index is 612. The van der Waals surface area contributed by atoms with E-state index in [1.165, 1.54) is 12.8 Å². The smallest absolute Gasteiger partial charge is 0.225 e. The third kappa shape index (κ3) is 2.90. The van der Waals surface area contributed by atoms with E-state index in [0.717, 1.165) is 35.9 Å². The summed E-state index contributed by atoms with van der Waals surface area (Å²) in [6.45, 7) is 2.08. The van der Waals surface area contributed by atoms with Gasteiger partial charge in [-0.25, -0.2) is 9.97 Å². The summed E-state index contributed by atoms with van der Waals surface area (Å²) >= 11 is 0. The molecule has 3 heterocycles. The van der Waals surface area contributed by atoms with Crippen LogP contribution in [0.5, 0.6) is 0 Å². The summed E-state index contributed by atoms with van der Waals surface area (Å²) in [5.74, 6) is 1.21. The first-order chi connectivity index (χ1) is 10.1. The first-order valence-corrected chi connectivity index (χ1v) is 7.39. The molecule has 21 heavy (non-hydrogen) atoms. The largest absolute Gasteiger partial charge is 0.347 e. The SMILES string of the molecule is CN(C)c1ncc(-c2cnn(C)c2)c([C@H]2CCCNC2)n1. The average Bonchev–Trinajstić information content (AvgIpc) is 2.94. The summed E-state index contributed by atoms with van der Waals surface area (Å²) in [7, 11) is 5.88. The van der Waals surface area contributed by atoms with Crippen molar-refractivity contribution in [1.82, 2.24) is 25.1 Å². The molecule has 0 spiro atoms. The van der Waals surface area contributed by atoms with Gasteiger partial charge in [-0.15, -0.1) is 0 Å². The van der Waals surface area contributed by atoms with E-state index in [-0.39, 0.29) is 0 Å². The molecule has 0 bridgehead atoms. The van der Waals surface area contributed by atoms with Crippen LogP contribution in [0.4, 0.5) is 5.95 Å². The minimum atomic E-state index is 0.440. The van der Waals surface area contributed by atoms with Gasteiger partial charge in [-0.2, -0.15) is 5.10 Å². The first-order valence-electron chi connectivity index (χ1n) is 7.39. The molecular weight excluding hydrogens is 264 g/mol. The molecule has 6 nitrogen and oxygen atoms in total. The van der Waals surface area contributed by atoms with Crippen LogP contribution in [0.1, 0.15) is 24.5 Å². The normalized spacial score (nSPS) is 18.7. The van der Waals surface area contributed by atoms with Gasteiger partial charge in [0.05, 0.1) is 11.9 Å². The highest BCUT2D eigenvalue weighted by atomic mass is 15.2. The predicted molar refractivity (Wildman–Crippen MR) is 83.4 cm³/mol. The highest BCUT2D eigenvalue weighted by Gasteiger charge is 2.22. The fourth-order valence-electron chi connectivity index (χ4n) is 2.78. The van der Waals surface area contributed by atoms with Crippen molar-refractivity contribution in [2.75, 3.05) is 32.1 Å². The lowest BCUT2D eigenvalue weighted by Crippen LogP contribution is -2.29. The lowest BCUT2D eigenvalue weighted by Gasteiger charge is -2.25. The van der Waals surface area contributed by atoms with Crippen molar-refractivity contribution in [3.8, 4) is 11.1 Å². The van der Waals surface area contributed by atoms with Gasteiger partial charge in [0.15, 0.2) is 0 Å². The van der Waals surface area contributed by atoms with Gasteiger partial charge in [-0.1, -0.05) is 0 Å². The molecule has 0 unspecified atom stereocenters. The fourth-order valence-corrected chi connectivity index (χ4v) is 2.78. The van der Waals surface area contributed by atoms with Crippen molar-refractivity contribution in [2.24, 2.45) is 7.05 Å². The molecular formula is C15H22N6. The van der Waals surface area contributed by atoms with Crippen molar-refractivity contribution in [1.29, 1.82) is 0 Å². The summed E-state index contributed by atoms with van der Waals surface area (Å²) in [5.41, 5.74) is 3.32. The fraction of sp³-hybridized carbons (Fsp3) is 0.533. The number of aryl methyl sites for hydroxylation is 1. The van der Waals surface area contributed by atoms with E-state index in [2.05, 4.69) is 15.4 Å². The maximum Gasteiger partial charge on any atom is 0.225 e. The summed E-state index contributed by atoms with van der Waals surface area (Å²) in [5, 5.41) is 7.74. The number of aromatic nitrogens is 4. The zero-order valence-corrected chi connectivity index (χ0v) is 12.9. The van der Waals surface area contributed by atoms with Crippen LogP contribution in [0, 0.1) is 0 Å². The van der Waals surface area contributed by atoms with Gasteiger partial charge < -0.3 is 10.2 Å². The van der Waals surface area contributed by atoms with Gasteiger partial charge in [0.2, 0.25) is 5.95 Å². The molecule has 3 rings (SSSR count). The summed E-state index contributed by atoms with van der Waals surface area (Å²) in [4.78, 5) is 11.2. The number of nitrogens with zero attached hydrogens (tertiary/aromatic N) is 5. The molecule has 0 radical (unpaired) electrons. The van der Waals surface area contributed by atoms with Crippen LogP contribution in [0.15, 0.2) is 18.6 Å². The van der Waals surface area contributed by atoms with Gasteiger partial charge in [-0.3, -0.25) is 4.68 Å². The number of rotatable bonds is 3. The Hall–Kier alpha value is -1.95. The van der Waals surface area contributed by atoms with Crippen LogP contribution in [-0.4, -0.2) is 46.9 Å². The molecule has 1 aliphatic heterocycles. The highest BCUT2D eigenvalue weighted by Crippen LogP contribution is 2.31. The van der Waals surface area contributed by atoms with Crippen molar-refractivity contribution in [3.63, 3.8) is 0 Å². The van der Waals surface area contributed by atoms with Crippen LogP contribution in [0.3, 0.4) is 0 Å². The molecule has 0 aliphatic carbocycles. The Kier molecular flexibility index (Phi) is 3.88. The maximum absolute atomic E-state index is 4.82.